The van der Waals surface area contributed by atoms with Crippen molar-refractivity contribution in [3.8, 4) is 34.1 Å². The standard InChI is InChI=1S/C21H22N2O4/c1-4-23(5-2)21(25)20-22-18(14-8-12-17(26-3)13-9-14)19(27-20)15-6-10-16(24)11-7-15/h6-13,24H,4-5H2,1-3H3. The lowest BCUT2D eigenvalue weighted by atomic mass is 10.1. The van der Waals surface area contributed by atoms with Crippen LogP contribution in [-0.4, -0.2) is 41.1 Å². The van der Waals surface area contributed by atoms with Crippen LogP contribution in [0.2, 0.25) is 0 Å². The van der Waals surface area contributed by atoms with Gasteiger partial charge in [-0.15, -0.1) is 0 Å². The third kappa shape index (κ3) is 3.79. The fourth-order valence-electron chi connectivity index (χ4n) is 2.81. The lowest BCUT2D eigenvalue weighted by Crippen LogP contribution is -2.30. The van der Waals surface area contributed by atoms with Crippen LogP contribution in [0.4, 0.5) is 0 Å². The molecule has 1 N–H and O–H groups in total. The van der Waals surface area contributed by atoms with Crippen molar-refractivity contribution >= 4 is 5.91 Å². The van der Waals surface area contributed by atoms with Gasteiger partial charge in [0.15, 0.2) is 5.76 Å². The summed E-state index contributed by atoms with van der Waals surface area (Å²) in [6.07, 6.45) is 0. The first-order valence-electron chi connectivity index (χ1n) is 8.81. The Bertz CT molecular complexity index is 910. The van der Waals surface area contributed by atoms with Crippen molar-refractivity contribution in [2.45, 2.75) is 13.8 Å². The van der Waals surface area contributed by atoms with Gasteiger partial charge in [-0.1, -0.05) is 0 Å². The molecule has 0 saturated heterocycles. The van der Waals surface area contributed by atoms with Crippen LogP contribution in [0.3, 0.4) is 0 Å². The summed E-state index contributed by atoms with van der Waals surface area (Å²) in [5.74, 6) is 1.17. The van der Waals surface area contributed by atoms with Crippen LogP contribution < -0.4 is 4.74 Å². The second-order valence-corrected chi connectivity index (χ2v) is 5.95. The van der Waals surface area contributed by atoms with Gasteiger partial charge in [-0.25, -0.2) is 4.98 Å². The van der Waals surface area contributed by atoms with Crippen molar-refractivity contribution < 1.29 is 19.1 Å². The topological polar surface area (TPSA) is 75.8 Å². The molecule has 0 spiro atoms. The van der Waals surface area contributed by atoms with E-state index in [4.69, 9.17) is 9.15 Å². The van der Waals surface area contributed by atoms with Crippen LogP contribution in [0.5, 0.6) is 11.5 Å². The fraction of sp³-hybridized carbons (Fsp3) is 0.238. The molecule has 6 heteroatoms. The number of carbonyl (C=O) groups is 1. The normalized spacial score (nSPS) is 10.6. The first-order valence-corrected chi connectivity index (χ1v) is 8.81. The number of nitrogens with zero attached hydrogens (tertiary/aromatic N) is 2. The molecule has 0 atom stereocenters. The Morgan fingerprint density at radius 2 is 1.63 bits per heavy atom. The number of benzene rings is 2. The Morgan fingerprint density at radius 1 is 1.04 bits per heavy atom. The summed E-state index contributed by atoms with van der Waals surface area (Å²) in [5.41, 5.74) is 2.10. The highest BCUT2D eigenvalue weighted by molar-refractivity contribution is 5.92. The Balaban J connectivity index is 2.11. The van der Waals surface area contributed by atoms with Gasteiger partial charge in [-0.2, -0.15) is 0 Å². The zero-order chi connectivity index (χ0) is 19.4. The Hall–Kier alpha value is -3.28. The summed E-state index contributed by atoms with van der Waals surface area (Å²) in [6.45, 7) is 4.97. The second kappa shape index (κ2) is 7.95. The first-order chi connectivity index (χ1) is 13.1. The fourth-order valence-corrected chi connectivity index (χ4v) is 2.81. The molecular formula is C21H22N2O4. The second-order valence-electron chi connectivity index (χ2n) is 5.95. The van der Waals surface area contributed by atoms with Crippen LogP contribution in [0.25, 0.3) is 22.6 Å². The van der Waals surface area contributed by atoms with Gasteiger partial charge in [0, 0.05) is 24.2 Å². The number of aromatic nitrogens is 1. The predicted molar refractivity (Wildman–Crippen MR) is 103 cm³/mol. The lowest BCUT2D eigenvalue weighted by molar-refractivity contribution is 0.0734. The Labute approximate surface area is 158 Å². The number of aromatic hydroxyl groups is 1. The van der Waals surface area contributed by atoms with Gasteiger partial charge in [-0.3, -0.25) is 4.79 Å². The number of amides is 1. The van der Waals surface area contributed by atoms with E-state index in [1.165, 1.54) is 0 Å². The van der Waals surface area contributed by atoms with Crippen LogP contribution in [-0.2, 0) is 0 Å². The SMILES string of the molecule is CCN(CC)C(=O)c1nc(-c2ccc(OC)cc2)c(-c2ccc(O)cc2)o1. The van der Waals surface area contributed by atoms with E-state index in [9.17, 15) is 9.90 Å². The number of methoxy groups -OCH3 is 1. The maximum atomic E-state index is 12.7. The van der Waals surface area contributed by atoms with Gasteiger partial charge in [0.05, 0.1) is 7.11 Å². The van der Waals surface area contributed by atoms with E-state index in [1.807, 2.05) is 38.1 Å². The number of hydrogen-bond acceptors (Lipinski definition) is 5. The molecule has 1 amide bonds. The van der Waals surface area contributed by atoms with Crippen molar-refractivity contribution in [2.24, 2.45) is 0 Å². The molecule has 0 unspecified atom stereocenters. The van der Waals surface area contributed by atoms with Gasteiger partial charge in [0.1, 0.15) is 17.2 Å². The maximum absolute atomic E-state index is 12.7. The smallest absolute Gasteiger partial charge is 0.309 e. The summed E-state index contributed by atoms with van der Waals surface area (Å²) in [4.78, 5) is 18.8. The minimum absolute atomic E-state index is 0.0487. The molecule has 0 bridgehead atoms. The number of hydrogen-bond donors (Lipinski definition) is 1. The van der Waals surface area contributed by atoms with Crippen LogP contribution in [0, 0.1) is 0 Å². The van der Waals surface area contributed by atoms with Gasteiger partial charge in [-0.05, 0) is 62.4 Å². The molecule has 0 aliphatic rings. The number of rotatable bonds is 6. The highest BCUT2D eigenvalue weighted by Crippen LogP contribution is 2.34. The highest BCUT2D eigenvalue weighted by atomic mass is 16.5. The first kappa shape index (κ1) is 18.5. The summed E-state index contributed by atoms with van der Waals surface area (Å²) in [6, 6.07) is 14.0. The number of carbonyl (C=O) groups excluding carboxylic acids is 1. The number of phenolic OH excluding ortho intramolecular Hbond substituents is 1. The minimum Gasteiger partial charge on any atom is -0.508 e. The molecule has 0 aliphatic carbocycles. The molecule has 0 saturated carbocycles. The molecule has 1 heterocycles. The van der Waals surface area contributed by atoms with Crippen LogP contribution >= 0.6 is 0 Å². The van der Waals surface area contributed by atoms with E-state index in [2.05, 4.69) is 4.98 Å². The van der Waals surface area contributed by atoms with E-state index in [0.717, 1.165) is 16.9 Å². The number of phenols is 1. The van der Waals surface area contributed by atoms with E-state index in [1.54, 1.807) is 36.3 Å². The molecule has 3 aromatic rings. The van der Waals surface area contributed by atoms with Gasteiger partial charge < -0.3 is 19.2 Å². The van der Waals surface area contributed by atoms with Gasteiger partial charge >= 0.3 is 5.91 Å². The number of oxazole rings is 1. The highest BCUT2D eigenvalue weighted by Gasteiger charge is 2.24. The van der Waals surface area contributed by atoms with Crippen molar-refractivity contribution in [1.29, 1.82) is 0 Å². The molecule has 3 rings (SSSR count). The lowest BCUT2D eigenvalue weighted by Gasteiger charge is -2.15. The molecule has 0 radical (unpaired) electrons. The number of ether oxygens (including phenoxy) is 1. The Morgan fingerprint density at radius 3 is 2.19 bits per heavy atom. The van der Waals surface area contributed by atoms with E-state index in [-0.39, 0.29) is 17.5 Å². The van der Waals surface area contributed by atoms with Gasteiger partial charge in [0.2, 0.25) is 0 Å². The third-order valence-corrected chi connectivity index (χ3v) is 4.35. The zero-order valence-electron chi connectivity index (χ0n) is 15.6. The summed E-state index contributed by atoms with van der Waals surface area (Å²) < 4.78 is 11.1. The monoisotopic (exact) mass is 366 g/mol. The minimum atomic E-state index is -0.250. The summed E-state index contributed by atoms with van der Waals surface area (Å²) in [5, 5.41) is 9.56. The van der Waals surface area contributed by atoms with Gasteiger partial charge in [0.25, 0.3) is 5.89 Å². The average molecular weight is 366 g/mol. The molecule has 27 heavy (non-hydrogen) atoms. The van der Waals surface area contributed by atoms with Crippen molar-refractivity contribution in [3.63, 3.8) is 0 Å². The van der Waals surface area contributed by atoms with Crippen molar-refractivity contribution in [2.75, 3.05) is 20.2 Å². The third-order valence-electron chi connectivity index (χ3n) is 4.35. The summed E-state index contributed by atoms with van der Waals surface area (Å²) in [7, 11) is 1.60. The van der Waals surface area contributed by atoms with E-state index >= 15 is 0 Å². The van der Waals surface area contributed by atoms with Crippen molar-refractivity contribution in [1.82, 2.24) is 9.88 Å². The van der Waals surface area contributed by atoms with Crippen molar-refractivity contribution in [3.05, 3.63) is 54.4 Å². The zero-order valence-corrected chi connectivity index (χ0v) is 15.6. The molecule has 0 aliphatic heterocycles. The van der Waals surface area contributed by atoms with E-state index < -0.39 is 0 Å². The van der Waals surface area contributed by atoms with E-state index in [0.29, 0.717) is 24.5 Å². The largest absolute Gasteiger partial charge is 0.508 e. The summed E-state index contributed by atoms with van der Waals surface area (Å²) >= 11 is 0. The average Bonchev–Trinajstić information content (AvgIpc) is 3.15. The quantitative estimate of drug-likeness (QED) is 0.707. The maximum Gasteiger partial charge on any atom is 0.309 e. The molecule has 0 fully saturated rings. The molecule has 6 nitrogen and oxygen atoms in total. The predicted octanol–water partition coefficient (Wildman–Crippen LogP) is 4.20. The molecule has 140 valence electrons. The molecular weight excluding hydrogens is 344 g/mol. The van der Waals surface area contributed by atoms with Crippen LogP contribution in [0.1, 0.15) is 24.5 Å². The molecule has 2 aromatic carbocycles. The Kier molecular flexibility index (Phi) is 5.45. The van der Waals surface area contributed by atoms with Crippen LogP contribution in [0.15, 0.2) is 52.9 Å². The molecule has 1 aromatic heterocycles.